The van der Waals surface area contributed by atoms with Gasteiger partial charge in [0.1, 0.15) is 0 Å². The van der Waals surface area contributed by atoms with Crippen LogP contribution in [0.15, 0.2) is 16.6 Å². The van der Waals surface area contributed by atoms with Gasteiger partial charge in [0.15, 0.2) is 0 Å². The minimum atomic E-state index is -0.564. The number of aliphatic hydroxyl groups is 1. The van der Waals surface area contributed by atoms with Gasteiger partial charge in [-0.05, 0) is 61.3 Å². The average Bonchev–Trinajstić information content (AvgIpc) is 2.28. The SMILES string of the molecule is Cc1cc(Br)c(NCC(O)COC(C)(C)C)cc1Cl. The zero-order valence-corrected chi connectivity index (χ0v) is 14.1. The number of ether oxygens (including phenoxy) is 1. The maximum atomic E-state index is 9.85. The van der Waals surface area contributed by atoms with Crippen molar-refractivity contribution in [2.45, 2.75) is 39.4 Å². The topological polar surface area (TPSA) is 41.5 Å². The van der Waals surface area contributed by atoms with E-state index in [1.165, 1.54) is 0 Å². The van der Waals surface area contributed by atoms with E-state index in [0.29, 0.717) is 18.2 Å². The zero-order valence-electron chi connectivity index (χ0n) is 11.8. The Morgan fingerprint density at radius 1 is 1.42 bits per heavy atom. The molecule has 0 aromatic heterocycles. The number of nitrogens with one attached hydrogen (secondary N) is 1. The third-order valence-electron chi connectivity index (χ3n) is 2.49. The fraction of sp³-hybridized carbons (Fsp3) is 0.571. The normalized spacial score (nSPS) is 13.4. The first-order valence-electron chi connectivity index (χ1n) is 6.20. The van der Waals surface area contributed by atoms with Gasteiger partial charge in [-0.2, -0.15) is 0 Å². The second-order valence-electron chi connectivity index (χ2n) is 5.54. The smallest absolute Gasteiger partial charge is 0.0945 e. The lowest BCUT2D eigenvalue weighted by atomic mass is 10.2. The lowest BCUT2D eigenvalue weighted by molar-refractivity contribution is -0.0449. The molecule has 2 N–H and O–H groups in total. The molecule has 0 amide bonds. The highest BCUT2D eigenvalue weighted by Gasteiger charge is 2.14. The number of anilines is 1. The van der Waals surface area contributed by atoms with Crippen LogP contribution in [-0.4, -0.2) is 30.0 Å². The fourth-order valence-electron chi connectivity index (χ4n) is 1.41. The molecular formula is C14H21BrClNO2. The van der Waals surface area contributed by atoms with Crippen LogP contribution in [0, 0.1) is 6.92 Å². The molecule has 0 heterocycles. The molecule has 1 atom stereocenters. The number of hydrogen-bond acceptors (Lipinski definition) is 3. The van der Waals surface area contributed by atoms with Gasteiger partial charge in [-0.15, -0.1) is 0 Å². The van der Waals surface area contributed by atoms with Crippen molar-refractivity contribution in [2.75, 3.05) is 18.5 Å². The summed E-state index contributed by atoms with van der Waals surface area (Å²) in [7, 11) is 0. The third kappa shape index (κ3) is 6.13. The number of rotatable bonds is 5. The van der Waals surface area contributed by atoms with Gasteiger partial charge in [0.05, 0.1) is 24.0 Å². The molecule has 0 aliphatic heterocycles. The van der Waals surface area contributed by atoms with E-state index < -0.39 is 6.10 Å². The van der Waals surface area contributed by atoms with Crippen LogP contribution < -0.4 is 5.32 Å². The molecule has 0 bridgehead atoms. The Balaban J connectivity index is 2.51. The van der Waals surface area contributed by atoms with Gasteiger partial charge in [-0.1, -0.05) is 11.6 Å². The summed E-state index contributed by atoms with van der Waals surface area (Å²) in [5.41, 5.74) is 1.63. The van der Waals surface area contributed by atoms with Crippen LogP contribution in [-0.2, 0) is 4.74 Å². The van der Waals surface area contributed by atoms with E-state index in [9.17, 15) is 5.11 Å². The second-order valence-corrected chi connectivity index (χ2v) is 6.80. The number of aryl methyl sites for hydroxylation is 1. The molecule has 1 aromatic carbocycles. The minimum absolute atomic E-state index is 0.241. The van der Waals surface area contributed by atoms with Gasteiger partial charge < -0.3 is 15.2 Å². The summed E-state index contributed by atoms with van der Waals surface area (Å²) in [5, 5.41) is 13.7. The summed E-state index contributed by atoms with van der Waals surface area (Å²) in [6.45, 7) is 8.54. The number of halogens is 2. The first-order valence-corrected chi connectivity index (χ1v) is 7.37. The predicted octanol–water partition coefficient (Wildman–Crippen LogP) is 4.00. The average molecular weight is 351 g/mol. The molecule has 0 saturated carbocycles. The van der Waals surface area contributed by atoms with E-state index >= 15 is 0 Å². The number of benzene rings is 1. The monoisotopic (exact) mass is 349 g/mol. The molecule has 5 heteroatoms. The zero-order chi connectivity index (χ0) is 14.6. The highest BCUT2D eigenvalue weighted by atomic mass is 79.9. The molecule has 19 heavy (non-hydrogen) atoms. The lowest BCUT2D eigenvalue weighted by Crippen LogP contribution is -2.30. The second kappa shape index (κ2) is 6.93. The highest BCUT2D eigenvalue weighted by Crippen LogP contribution is 2.29. The Morgan fingerprint density at radius 2 is 2.05 bits per heavy atom. The molecule has 1 unspecified atom stereocenters. The first kappa shape index (κ1) is 16.8. The van der Waals surface area contributed by atoms with E-state index in [0.717, 1.165) is 15.7 Å². The van der Waals surface area contributed by atoms with Crippen molar-refractivity contribution < 1.29 is 9.84 Å². The molecule has 0 saturated heterocycles. The summed E-state index contributed by atoms with van der Waals surface area (Å²) in [5.74, 6) is 0. The summed E-state index contributed by atoms with van der Waals surface area (Å²) in [6.07, 6.45) is -0.564. The van der Waals surface area contributed by atoms with E-state index in [1.54, 1.807) is 0 Å². The van der Waals surface area contributed by atoms with E-state index in [1.807, 2.05) is 39.8 Å². The van der Waals surface area contributed by atoms with E-state index in [4.69, 9.17) is 16.3 Å². The Morgan fingerprint density at radius 3 is 2.63 bits per heavy atom. The van der Waals surface area contributed by atoms with E-state index in [-0.39, 0.29) is 5.60 Å². The van der Waals surface area contributed by atoms with Crippen molar-refractivity contribution in [3.63, 3.8) is 0 Å². The van der Waals surface area contributed by atoms with Crippen molar-refractivity contribution in [1.82, 2.24) is 0 Å². The van der Waals surface area contributed by atoms with Crippen LogP contribution in [0.2, 0.25) is 5.02 Å². The van der Waals surface area contributed by atoms with Crippen LogP contribution in [0.1, 0.15) is 26.3 Å². The molecule has 0 aliphatic rings. The molecule has 0 spiro atoms. The van der Waals surface area contributed by atoms with E-state index in [2.05, 4.69) is 21.2 Å². The van der Waals surface area contributed by atoms with Crippen molar-refractivity contribution in [3.8, 4) is 0 Å². The molecule has 3 nitrogen and oxygen atoms in total. The molecule has 0 radical (unpaired) electrons. The van der Waals surface area contributed by atoms with Crippen molar-refractivity contribution in [2.24, 2.45) is 0 Å². The minimum Gasteiger partial charge on any atom is -0.389 e. The number of hydrogen-bond donors (Lipinski definition) is 2. The largest absolute Gasteiger partial charge is 0.389 e. The van der Waals surface area contributed by atoms with Gasteiger partial charge in [0, 0.05) is 16.0 Å². The maximum absolute atomic E-state index is 9.85. The van der Waals surface area contributed by atoms with Gasteiger partial charge in [-0.3, -0.25) is 0 Å². The van der Waals surface area contributed by atoms with Crippen LogP contribution in [0.5, 0.6) is 0 Å². The van der Waals surface area contributed by atoms with Crippen molar-refractivity contribution >= 4 is 33.2 Å². The van der Waals surface area contributed by atoms with Crippen LogP contribution >= 0.6 is 27.5 Å². The molecule has 108 valence electrons. The summed E-state index contributed by atoms with van der Waals surface area (Å²) < 4.78 is 6.45. The number of aliphatic hydroxyl groups excluding tert-OH is 1. The Hall–Kier alpha value is -0.290. The molecule has 0 fully saturated rings. The quantitative estimate of drug-likeness (QED) is 0.843. The highest BCUT2D eigenvalue weighted by molar-refractivity contribution is 9.10. The third-order valence-corrected chi connectivity index (χ3v) is 3.55. The predicted molar refractivity (Wildman–Crippen MR) is 84.1 cm³/mol. The molecular weight excluding hydrogens is 330 g/mol. The fourth-order valence-corrected chi connectivity index (χ4v) is 2.18. The Bertz CT molecular complexity index is 432. The van der Waals surface area contributed by atoms with Gasteiger partial charge in [0.2, 0.25) is 0 Å². The molecule has 0 aliphatic carbocycles. The first-order chi connectivity index (χ1) is 8.69. The van der Waals surface area contributed by atoms with Crippen LogP contribution in [0.4, 0.5) is 5.69 Å². The van der Waals surface area contributed by atoms with Crippen LogP contribution in [0.3, 0.4) is 0 Å². The summed E-state index contributed by atoms with van der Waals surface area (Å²) in [6, 6.07) is 3.79. The standard InChI is InChI=1S/C14H21BrClNO2/c1-9-5-11(15)13(6-12(9)16)17-7-10(18)8-19-14(2,3)4/h5-6,10,17-18H,7-8H2,1-4H3. The van der Waals surface area contributed by atoms with Crippen LogP contribution in [0.25, 0.3) is 0 Å². The Labute approximate surface area is 128 Å². The van der Waals surface area contributed by atoms with Gasteiger partial charge >= 0.3 is 0 Å². The maximum Gasteiger partial charge on any atom is 0.0945 e. The summed E-state index contributed by atoms with van der Waals surface area (Å²) in [4.78, 5) is 0. The summed E-state index contributed by atoms with van der Waals surface area (Å²) >= 11 is 9.54. The van der Waals surface area contributed by atoms with Gasteiger partial charge in [-0.25, -0.2) is 0 Å². The van der Waals surface area contributed by atoms with Crippen molar-refractivity contribution in [1.29, 1.82) is 0 Å². The Kier molecular flexibility index (Phi) is 6.12. The molecule has 1 aromatic rings. The van der Waals surface area contributed by atoms with Gasteiger partial charge in [0.25, 0.3) is 0 Å². The molecule has 1 rings (SSSR count). The lowest BCUT2D eigenvalue weighted by Gasteiger charge is -2.22. The van der Waals surface area contributed by atoms with Crippen molar-refractivity contribution in [3.05, 3.63) is 27.2 Å².